The van der Waals surface area contributed by atoms with E-state index in [1.54, 1.807) is 23.6 Å². The van der Waals surface area contributed by atoms with Gasteiger partial charge in [0.05, 0.1) is 16.9 Å². The van der Waals surface area contributed by atoms with Gasteiger partial charge in [-0.15, -0.1) is 11.3 Å². The average molecular weight is 290 g/mol. The molecule has 1 amide bonds. The minimum atomic E-state index is -0.152. The fourth-order valence-corrected chi connectivity index (χ4v) is 2.50. The summed E-state index contributed by atoms with van der Waals surface area (Å²) >= 11 is 1.62. The Bertz CT molecular complexity index is 565. The van der Waals surface area contributed by atoms with Crippen LogP contribution in [0.25, 0.3) is 0 Å². The number of aryl methyl sites for hydroxylation is 1. The van der Waals surface area contributed by atoms with Crippen molar-refractivity contribution >= 4 is 22.9 Å². The molecular weight excluding hydrogens is 272 g/mol. The molecule has 2 aromatic rings. The van der Waals surface area contributed by atoms with E-state index < -0.39 is 0 Å². The van der Waals surface area contributed by atoms with Crippen LogP contribution in [-0.2, 0) is 6.42 Å². The number of carbonyl (C=O) groups is 1. The van der Waals surface area contributed by atoms with Crippen LogP contribution in [0.5, 0.6) is 0 Å². The molecule has 106 valence electrons. The maximum atomic E-state index is 11.9. The summed E-state index contributed by atoms with van der Waals surface area (Å²) in [6, 6.07) is 3.58. The summed E-state index contributed by atoms with van der Waals surface area (Å²) in [6.07, 6.45) is 2.42. The van der Waals surface area contributed by atoms with E-state index in [0.29, 0.717) is 12.2 Å². The van der Waals surface area contributed by atoms with Gasteiger partial charge >= 0.3 is 0 Å². The molecule has 2 rings (SSSR count). The van der Waals surface area contributed by atoms with E-state index >= 15 is 0 Å². The Kier molecular flexibility index (Phi) is 5.06. The lowest BCUT2D eigenvalue weighted by Crippen LogP contribution is -2.26. The number of hydrogen-bond acceptors (Lipinski definition) is 5. The number of pyridine rings is 1. The number of thiazole rings is 1. The molecule has 0 bridgehead atoms. The summed E-state index contributed by atoms with van der Waals surface area (Å²) in [5.41, 5.74) is 2.38. The summed E-state index contributed by atoms with van der Waals surface area (Å²) < 4.78 is 0. The van der Waals surface area contributed by atoms with Gasteiger partial charge in [0.1, 0.15) is 5.69 Å². The van der Waals surface area contributed by atoms with Crippen LogP contribution in [0.15, 0.2) is 23.7 Å². The maximum absolute atomic E-state index is 11.9. The molecule has 2 aromatic heterocycles. The molecule has 0 aliphatic rings. The second kappa shape index (κ2) is 7.00. The zero-order valence-electron chi connectivity index (χ0n) is 11.6. The molecule has 0 aliphatic carbocycles. The number of amides is 1. The lowest BCUT2D eigenvalue weighted by Gasteiger charge is -2.05. The third-order valence-corrected chi connectivity index (χ3v) is 3.69. The van der Waals surface area contributed by atoms with Crippen LogP contribution in [0.2, 0.25) is 0 Å². The van der Waals surface area contributed by atoms with Crippen molar-refractivity contribution in [3.63, 3.8) is 0 Å². The van der Waals surface area contributed by atoms with Crippen molar-refractivity contribution < 1.29 is 4.79 Å². The van der Waals surface area contributed by atoms with Crippen molar-refractivity contribution in [2.24, 2.45) is 0 Å². The first-order chi connectivity index (χ1) is 9.69. The second-order valence-electron chi connectivity index (χ2n) is 4.35. The molecule has 0 saturated carbocycles. The minimum absolute atomic E-state index is 0.152. The Balaban J connectivity index is 1.82. The van der Waals surface area contributed by atoms with E-state index in [9.17, 15) is 4.79 Å². The van der Waals surface area contributed by atoms with E-state index in [1.165, 1.54) is 0 Å². The Morgan fingerprint density at radius 1 is 1.40 bits per heavy atom. The van der Waals surface area contributed by atoms with Crippen LogP contribution in [0.4, 0.5) is 5.69 Å². The highest BCUT2D eigenvalue weighted by Gasteiger charge is 2.07. The molecule has 0 fully saturated rings. The number of rotatable bonds is 6. The number of hydrogen-bond donors (Lipinski definition) is 2. The number of nitrogens with one attached hydrogen (secondary N) is 2. The van der Waals surface area contributed by atoms with Crippen molar-refractivity contribution in [3.8, 4) is 0 Å². The summed E-state index contributed by atoms with van der Waals surface area (Å²) in [5, 5.41) is 9.04. The van der Waals surface area contributed by atoms with Crippen LogP contribution in [0.3, 0.4) is 0 Å². The quantitative estimate of drug-likeness (QED) is 0.856. The van der Waals surface area contributed by atoms with Gasteiger partial charge in [-0.25, -0.2) is 9.97 Å². The minimum Gasteiger partial charge on any atom is -0.384 e. The van der Waals surface area contributed by atoms with Crippen LogP contribution in [0.1, 0.15) is 28.1 Å². The molecule has 0 radical (unpaired) electrons. The van der Waals surface area contributed by atoms with Crippen LogP contribution < -0.4 is 10.6 Å². The van der Waals surface area contributed by atoms with Gasteiger partial charge in [0.25, 0.3) is 5.91 Å². The number of carbonyl (C=O) groups excluding carboxylic acids is 1. The third-order valence-electron chi connectivity index (χ3n) is 2.67. The molecule has 0 atom stereocenters. The third kappa shape index (κ3) is 4.03. The molecule has 6 heteroatoms. The van der Waals surface area contributed by atoms with Gasteiger partial charge in [0, 0.05) is 30.6 Å². The van der Waals surface area contributed by atoms with E-state index in [4.69, 9.17) is 0 Å². The lowest BCUT2D eigenvalue weighted by atomic mass is 10.3. The predicted octanol–water partition coefficient (Wildman–Crippen LogP) is 2.25. The highest BCUT2D eigenvalue weighted by atomic mass is 32.1. The van der Waals surface area contributed by atoms with E-state index in [-0.39, 0.29) is 5.91 Å². The summed E-state index contributed by atoms with van der Waals surface area (Å²) in [6.45, 7) is 5.39. The first-order valence-electron chi connectivity index (χ1n) is 6.58. The van der Waals surface area contributed by atoms with Crippen LogP contribution in [-0.4, -0.2) is 29.0 Å². The molecule has 20 heavy (non-hydrogen) atoms. The van der Waals surface area contributed by atoms with Gasteiger partial charge in [0.2, 0.25) is 0 Å². The Labute approximate surface area is 122 Å². The smallest absolute Gasteiger partial charge is 0.269 e. The van der Waals surface area contributed by atoms with Gasteiger partial charge in [-0.1, -0.05) is 0 Å². The second-order valence-corrected chi connectivity index (χ2v) is 5.29. The zero-order chi connectivity index (χ0) is 14.4. The Hall–Kier alpha value is -1.95. The Morgan fingerprint density at radius 2 is 2.25 bits per heavy atom. The Morgan fingerprint density at radius 3 is 2.85 bits per heavy atom. The lowest BCUT2D eigenvalue weighted by molar-refractivity contribution is 0.0949. The van der Waals surface area contributed by atoms with Crippen LogP contribution >= 0.6 is 11.3 Å². The summed E-state index contributed by atoms with van der Waals surface area (Å²) in [4.78, 5) is 20.4. The predicted molar refractivity (Wildman–Crippen MR) is 81.3 cm³/mol. The fraction of sp³-hybridized carbons (Fsp3) is 0.357. The molecule has 0 saturated heterocycles. The monoisotopic (exact) mass is 290 g/mol. The fourth-order valence-electron chi connectivity index (χ4n) is 1.73. The van der Waals surface area contributed by atoms with Crippen molar-refractivity contribution in [1.82, 2.24) is 15.3 Å². The highest BCUT2D eigenvalue weighted by molar-refractivity contribution is 7.09. The number of aromatic nitrogens is 2. The number of anilines is 1. The van der Waals surface area contributed by atoms with Crippen LogP contribution in [0, 0.1) is 6.92 Å². The molecule has 5 nitrogen and oxygen atoms in total. The molecule has 0 spiro atoms. The van der Waals surface area contributed by atoms with Gasteiger partial charge in [-0.05, 0) is 26.0 Å². The van der Waals surface area contributed by atoms with Gasteiger partial charge in [-0.3, -0.25) is 4.79 Å². The van der Waals surface area contributed by atoms with Gasteiger partial charge < -0.3 is 10.6 Å². The number of nitrogens with zero attached hydrogens (tertiary/aromatic N) is 2. The van der Waals surface area contributed by atoms with Crippen molar-refractivity contribution in [3.05, 3.63) is 40.1 Å². The summed E-state index contributed by atoms with van der Waals surface area (Å²) in [5.74, 6) is -0.152. The van der Waals surface area contributed by atoms with Gasteiger partial charge in [0.15, 0.2) is 0 Å². The maximum Gasteiger partial charge on any atom is 0.269 e. The van der Waals surface area contributed by atoms with Crippen molar-refractivity contribution in [2.75, 3.05) is 18.4 Å². The highest BCUT2D eigenvalue weighted by Crippen LogP contribution is 2.09. The zero-order valence-corrected chi connectivity index (χ0v) is 12.5. The molecular formula is C14H18N4OS. The normalized spacial score (nSPS) is 10.3. The average Bonchev–Trinajstić information content (AvgIpc) is 2.85. The molecule has 0 aromatic carbocycles. The molecule has 2 heterocycles. The standard InChI is InChI=1S/C14H18N4OS/c1-3-15-11-4-5-12(17-8-11)14(19)16-7-6-13-18-10(2)9-20-13/h4-5,8-9,15H,3,6-7H2,1-2H3,(H,16,19). The van der Waals surface area contributed by atoms with Crippen molar-refractivity contribution in [1.29, 1.82) is 0 Å². The molecule has 2 N–H and O–H groups in total. The topological polar surface area (TPSA) is 66.9 Å². The summed E-state index contributed by atoms with van der Waals surface area (Å²) in [7, 11) is 0. The van der Waals surface area contributed by atoms with Gasteiger partial charge in [-0.2, -0.15) is 0 Å². The first kappa shape index (κ1) is 14.5. The molecule has 0 aliphatic heterocycles. The SMILES string of the molecule is CCNc1ccc(C(=O)NCCc2nc(C)cs2)nc1. The van der Waals surface area contributed by atoms with E-state index in [0.717, 1.165) is 29.4 Å². The van der Waals surface area contributed by atoms with E-state index in [2.05, 4.69) is 20.6 Å². The van der Waals surface area contributed by atoms with E-state index in [1.807, 2.05) is 25.3 Å². The first-order valence-corrected chi connectivity index (χ1v) is 7.46. The van der Waals surface area contributed by atoms with Crippen molar-refractivity contribution in [2.45, 2.75) is 20.3 Å². The largest absolute Gasteiger partial charge is 0.384 e. The molecule has 0 unspecified atom stereocenters.